The van der Waals surface area contributed by atoms with Crippen molar-refractivity contribution in [2.75, 3.05) is 50.2 Å². The van der Waals surface area contributed by atoms with E-state index in [2.05, 4.69) is 21.3 Å². The summed E-state index contributed by atoms with van der Waals surface area (Å²) in [5.41, 5.74) is -1.48. The zero-order valence-electron chi connectivity index (χ0n) is 35.8. The predicted molar refractivity (Wildman–Crippen MR) is 229 cm³/mol. The summed E-state index contributed by atoms with van der Waals surface area (Å²) in [5.74, 6) is -6.51. The van der Waals surface area contributed by atoms with E-state index in [0.717, 1.165) is 43.9 Å². The summed E-state index contributed by atoms with van der Waals surface area (Å²) < 4.78 is 21.0. The molecule has 0 fully saturated rings. The molecule has 0 aliphatic heterocycles. The first kappa shape index (κ1) is 50.2. The molecule has 19 nitrogen and oxygen atoms in total. The molecule has 3 rings (SSSR count). The number of anilines is 2. The number of unbranched alkanes of at least 4 members (excludes halogenated alkanes) is 4. The van der Waals surface area contributed by atoms with Crippen LogP contribution in [0.2, 0.25) is 0 Å². The fraction of sp³-hybridized carbons (Fsp3) is 0.409. The van der Waals surface area contributed by atoms with Crippen molar-refractivity contribution in [2.24, 2.45) is 0 Å². The molecule has 0 bridgehead atoms. The predicted octanol–water partition coefficient (Wildman–Crippen LogP) is 6.16. The van der Waals surface area contributed by atoms with Crippen LogP contribution in [0.5, 0.6) is 0 Å². The topological polar surface area (TPSA) is 265 Å². The Morgan fingerprint density at radius 2 is 0.746 bits per heavy atom. The SMILES string of the molecule is CCCCOC(=O)c1cc(NC(=O)CNC(=O)c2cc(C(=O)NCC(=O)Nc3cc(C(=O)OCCCC)cc(C(=O)OCCCC)c3)cc([N+](=O)[O-])c2)cc(C(=O)OCCCC)c1. The summed E-state index contributed by atoms with van der Waals surface area (Å²) in [6, 6.07) is 10.5. The fourth-order valence-corrected chi connectivity index (χ4v) is 5.36. The number of rotatable bonds is 25. The van der Waals surface area contributed by atoms with Gasteiger partial charge in [-0.05, 0) is 68.1 Å². The highest BCUT2D eigenvalue weighted by Gasteiger charge is 2.22. The van der Waals surface area contributed by atoms with E-state index in [0.29, 0.717) is 25.7 Å². The molecule has 4 N–H and O–H groups in total. The molecule has 0 radical (unpaired) electrons. The first-order valence-electron chi connectivity index (χ1n) is 20.6. The average molecular weight is 876 g/mol. The molecular weight excluding hydrogens is 823 g/mol. The standard InChI is InChI=1S/C44H53N5O14/c1-5-9-13-60-41(54)30-18-31(42(55)61-14-10-6-2)21-34(20-30)47-37(50)26-45-39(52)28-17-29(25-36(24-28)49(58)59)40(53)46-27-38(51)48-35-22-32(43(56)62-15-11-7-3)19-33(23-35)44(57)63-16-12-8-4/h17-25H,5-16,26-27H2,1-4H3,(H,45,52)(H,46,53)(H,47,50)(H,48,51). The number of carbonyl (C=O) groups is 8. The number of non-ortho nitro benzene ring substituents is 1. The van der Waals surface area contributed by atoms with Crippen molar-refractivity contribution >= 4 is 64.6 Å². The van der Waals surface area contributed by atoms with E-state index < -0.39 is 71.2 Å². The van der Waals surface area contributed by atoms with E-state index in [-0.39, 0.29) is 71.2 Å². The lowest BCUT2D eigenvalue weighted by Gasteiger charge is -2.12. The van der Waals surface area contributed by atoms with E-state index in [4.69, 9.17) is 18.9 Å². The number of esters is 4. The number of hydrogen-bond acceptors (Lipinski definition) is 14. The van der Waals surface area contributed by atoms with Gasteiger partial charge in [-0.2, -0.15) is 0 Å². The summed E-state index contributed by atoms with van der Waals surface area (Å²) >= 11 is 0. The highest BCUT2D eigenvalue weighted by atomic mass is 16.6. The zero-order valence-corrected chi connectivity index (χ0v) is 35.8. The van der Waals surface area contributed by atoms with E-state index in [9.17, 15) is 48.5 Å². The second-order valence-corrected chi connectivity index (χ2v) is 14.0. The molecule has 0 aliphatic carbocycles. The second-order valence-electron chi connectivity index (χ2n) is 14.0. The van der Waals surface area contributed by atoms with Gasteiger partial charge in [-0.1, -0.05) is 53.4 Å². The van der Waals surface area contributed by atoms with Crippen LogP contribution in [0.1, 0.15) is 141 Å². The minimum atomic E-state index is -0.980. The molecular formula is C44H53N5O14. The third kappa shape index (κ3) is 17.0. The Bertz CT molecular complexity index is 1930. The van der Waals surface area contributed by atoms with Gasteiger partial charge in [0.2, 0.25) is 11.8 Å². The number of carbonyl (C=O) groups excluding carboxylic acids is 8. The molecule has 0 aromatic heterocycles. The molecule has 0 saturated heterocycles. The van der Waals surface area contributed by atoms with E-state index in [1.54, 1.807) is 0 Å². The number of ether oxygens (including phenoxy) is 4. The Morgan fingerprint density at radius 1 is 0.460 bits per heavy atom. The lowest BCUT2D eigenvalue weighted by molar-refractivity contribution is -0.384. The van der Waals surface area contributed by atoms with Gasteiger partial charge in [0.1, 0.15) is 0 Å². The van der Waals surface area contributed by atoms with Crippen molar-refractivity contribution < 1.29 is 62.2 Å². The van der Waals surface area contributed by atoms with Gasteiger partial charge in [0.25, 0.3) is 17.5 Å². The molecule has 3 aromatic carbocycles. The van der Waals surface area contributed by atoms with E-state index in [1.165, 1.54) is 36.4 Å². The van der Waals surface area contributed by atoms with Gasteiger partial charge >= 0.3 is 23.9 Å². The smallest absolute Gasteiger partial charge is 0.338 e. The third-order valence-corrected chi connectivity index (χ3v) is 8.77. The normalized spacial score (nSPS) is 10.5. The van der Waals surface area contributed by atoms with Crippen LogP contribution < -0.4 is 21.3 Å². The van der Waals surface area contributed by atoms with Crippen molar-refractivity contribution in [1.29, 1.82) is 0 Å². The quantitative estimate of drug-likeness (QED) is 0.0244. The average Bonchev–Trinajstić information content (AvgIpc) is 3.27. The maximum atomic E-state index is 13.2. The Kier molecular flexibility index (Phi) is 20.9. The number of nitrogens with one attached hydrogen (secondary N) is 4. The molecule has 0 spiro atoms. The molecule has 338 valence electrons. The van der Waals surface area contributed by atoms with Crippen LogP contribution in [0, 0.1) is 10.1 Å². The summed E-state index contributed by atoms with van der Waals surface area (Å²) in [6.07, 6.45) is 5.53. The van der Waals surface area contributed by atoms with Crippen molar-refractivity contribution in [3.63, 3.8) is 0 Å². The van der Waals surface area contributed by atoms with Crippen LogP contribution in [-0.4, -0.2) is 91.9 Å². The van der Waals surface area contributed by atoms with Crippen LogP contribution in [0.25, 0.3) is 0 Å². The largest absolute Gasteiger partial charge is 0.462 e. The number of amides is 4. The van der Waals surface area contributed by atoms with Gasteiger partial charge in [0, 0.05) is 34.6 Å². The number of hydrogen-bond donors (Lipinski definition) is 4. The number of nitro benzene ring substituents is 1. The van der Waals surface area contributed by atoms with Gasteiger partial charge in [-0.25, -0.2) is 19.2 Å². The molecule has 3 aromatic rings. The molecule has 63 heavy (non-hydrogen) atoms. The lowest BCUT2D eigenvalue weighted by atomic mass is 10.1. The summed E-state index contributed by atoms with van der Waals surface area (Å²) in [4.78, 5) is 114. The van der Waals surface area contributed by atoms with Crippen molar-refractivity contribution in [1.82, 2.24) is 10.6 Å². The van der Waals surface area contributed by atoms with E-state index >= 15 is 0 Å². The van der Waals surface area contributed by atoms with Crippen molar-refractivity contribution in [3.8, 4) is 0 Å². The van der Waals surface area contributed by atoms with Crippen LogP contribution in [-0.2, 0) is 28.5 Å². The molecule has 0 atom stereocenters. The van der Waals surface area contributed by atoms with Crippen LogP contribution in [0.4, 0.5) is 17.1 Å². The maximum absolute atomic E-state index is 13.2. The van der Waals surface area contributed by atoms with Gasteiger partial charge in [0.05, 0.1) is 66.7 Å². The second kappa shape index (κ2) is 26.2. The Morgan fingerprint density at radius 3 is 1.02 bits per heavy atom. The van der Waals surface area contributed by atoms with Crippen LogP contribution in [0.3, 0.4) is 0 Å². The monoisotopic (exact) mass is 875 g/mol. The lowest BCUT2D eigenvalue weighted by Crippen LogP contribution is -2.34. The molecule has 0 aliphatic rings. The van der Waals surface area contributed by atoms with Crippen molar-refractivity contribution in [2.45, 2.75) is 79.1 Å². The summed E-state index contributed by atoms with van der Waals surface area (Å²) in [5, 5.41) is 21.4. The van der Waals surface area contributed by atoms with E-state index in [1.807, 2.05) is 27.7 Å². The van der Waals surface area contributed by atoms with Gasteiger partial charge in [-0.15, -0.1) is 0 Å². The van der Waals surface area contributed by atoms with Crippen LogP contribution >= 0.6 is 0 Å². The van der Waals surface area contributed by atoms with Crippen LogP contribution in [0.15, 0.2) is 54.6 Å². The Labute approximate surface area is 364 Å². The van der Waals surface area contributed by atoms with Crippen molar-refractivity contribution in [3.05, 3.63) is 98.1 Å². The first-order valence-corrected chi connectivity index (χ1v) is 20.6. The highest BCUT2D eigenvalue weighted by Crippen LogP contribution is 2.21. The van der Waals surface area contributed by atoms with Gasteiger partial charge in [0.15, 0.2) is 0 Å². The maximum Gasteiger partial charge on any atom is 0.338 e. The minimum Gasteiger partial charge on any atom is -0.462 e. The molecule has 19 heteroatoms. The van der Waals surface area contributed by atoms with Gasteiger partial charge < -0.3 is 40.2 Å². The Hall–Kier alpha value is -7.18. The number of benzene rings is 3. The zero-order chi connectivity index (χ0) is 46.3. The molecule has 4 amide bonds. The fourth-order valence-electron chi connectivity index (χ4n) is 5.36. The molecule has 0 unspecified atom stereocenters. The highest BCUT2D eigenvalue weighted by molar-refractivity contribution is 6.05. The minimum absolute atomic E-state index is 0.0166. The number of nitrogens with zero attached hydrogens (tertiary/aromatic N) is 1. The third-order valence-electron chi connectivity index (χ3n) is 8.77. The summed E-state index contributed by atoms with van der Waals surface area (Å²) in [6.45, 7) is 6.86. The molecule has 0 saturated carbocycles. The first-order chi connectivity index (χ1) is 30.2. The number of nitro groups is 1. The molecule has 0 heterocycles. The summed E-state index contributed by atoms with van der Waals surface area (Å²) in [7, 11) is 0. The Balaban J connectivity index is 1.72. The van der Waals surface area contributed by atoms with Gasteiger partial charge in [-0.3, -0.25) is 29.3 Å².